The lowest BCUT2D eigenvalue weighted by Gasteiger charge is -2.16. The standard InChI is InChI=1S/C25H26N2O3S/c1-18(2)30-23-11-7-6-10-22(23)26-25(31)27-24(28)20-12-14-21(15-13-20)29-17-16-19-8-4-3-5-9-19/h3-15,18H,16-17H2,1-2H3,(H2,26,27,28,31). The molecule has 3 rings (SSSR count). The number of thiocarbonyl (C=S) groups is 1. The quantitative estimate of drug-likeness (QED) is 0.476. The number of carbonyl (C=O) groups is 1. The molecule has 0 saturated heterocycles. The number of ether oxygens (including phenoxy) is 2. The van der Waals surface area contributed by atoms with Crippen molar-refractivity contribution in [3.8, 4) is 11.5 Å². The van der Waals surface area contributed by atoms with Gasteiger partial charge in [-0.1, -0.05) is 42.5 Å². The summed E-state index contributed by atoms with van der Waals surface area (Å²) in [4.78, 5) is 12.5. The zero-order valence-electron chi connectivity index (χ0n) is 17.6. The zero-order valence-corrected chi connectivity index (χ0v) is 18.4. The van der Waals surface area contributed by atoms with E-state index in [0.717, 1.165) is 6.42 Å². The van der Waals surface area contributed by atoms with Crippen LogP contribution in [0.15, 0.2) is 78.9 Å². The molecule has 0 aliphatic heterocycles. The average molecular weight is 435 g/mol. The SMILES string of the molecule is CC(C)Oc1ccccc1NC(=S)NC(=O)c1ccc(OCCc2ccccc2)cc1. The van der Waals surface area contributed by atoms with Crippen molar-refractivity contribution < 1.29 is 14.3 Å². The van der Waals surface area contributed by atoms with E-state index in [1.165, 1.54) is 5.56 Å². The van der Waals surface area contributed by atoms with Gasteiger partial charge in [0.2, 0.25) is 0 Å². The van der Waals surface area contributed by atoms with Gasteiger partial charge in [0.05, 0.1) is 18.4 Å². The van der Waals surface area contributed by atoms with Gasteiger partial charge in [0.15, 0.2) is 5.11 Å². The Morgan fingerprint density at radius 3 is 2.32 bits per heavy atom. The lowest BCUT2D eigenvalue weighted by atomic mass is 10.2. The van der Waals surface area contributed by atoms with Gasteiger partial charge < -0.3 is 14.8 Å². The highest BCUT2D eigenvalue weighted by molar-refractivity contribution is 7.80. The van der Waals surface area contributed by atoms with Gasteiger partial charge in [0.25, 0.3) is 5.91 Å². The Balaban J connectivity index is 1.50. The van der Waals surface area contributed by atoms with Crippen molar-refractivity contribution in [2.75, 3.05) is 11.9 Å². The van der Waals surface area contributed by atoms with Crippen molar-refractivity contribution in [2.45, 2.75) is 26.4 Å². The fourth-order valence-corrected chi connectivity index (χ4v) is 3.09. The molecule has 3 aromatic rings. The van der Waals surface area contributed by atoms with Crippen LogP contribution in [0.5, 0.6) is 11.5 Å². The van der Waals surface area contributed by atoms with Gasteiger partial charge >= 0.3 is 0 Å². The summed E-state index contributed by atoms with van der Waals surface area (Å²) in [6.45, 7) is 4.47. The van der Waals surface area contributed by atoms with Crippen LogP contribution in [0.3, 0.4) is 0 Å². The van der Waals surface area contributed by atoms with Gasteiger partial charge in [0.1, 0.15) is 11.5 Å². The third-order valence-corrected chi connectivity index (χ3v) is 4.55. The van der Waals surface area contributed by atoms with E-state index < -0.39 is 0 Å². The lowest BCUT2D eigenvalue weighted by Crippen LogP contribution is -2.34. The normalized spacial score (nSPS) is 10.4. The number of carbonyl (C=O) groups excluding carboxylic acids is 1. The second-order valence-corrected chi connectivity index (χ2v) is 7.59. The molecule has 160 valence electrons. The molecule has 3 aromatic carbocycles. The summed E-state index contributed by atoms with van der Waals surface area (Å²) in [6.07, 6.45) is 0.852. The monoisotopic (exact) mass is 434 g/mol. The second-order valence-electron chi connectivity index (χ2n) is 7.18. The van der Waals surface area contributed by atoms with Gasteiger partial charge in [-0.25, -0.2) is 0 Å². The van der Waals surface area contributed by atoms with Crippen LogP contribution in [0, 0.1) is 0 Å². The molecule has 2 N–H and O–H groups in total. The molecule has 0 fully saturated rings. The number of nitrogens with one attached hydrogen (secondary N) is 2. The number of benzene rings is 3. The first-order valence-electron chi connectivity index (χ1n) is 10.2. The second kappa shape index (κ2) is 11.1. The first kappa shape index (κ1) is 22.3. The average Bonchev–Trinajstić information content (AvgIpc) is 2.76. The summed E-state index contributed by atoms with van der Waals surface area (Å²) in [7, 11) is 0. The summed E-state index contributed by atoms with van der Waals surface area (Å²) in [5.74, 6) is 1.09. The van der Waals surface area contributed by atoms with Gasteiger partial charge in [-0.2, -0.15) is 0 Å². The van der Waals surface area contributed by atoms with E-state index >= 15 is 0 Å². The van der Waals surface area contributed by atoms with Crippen LogP contribution in [0.4, 0.5) is 5.69 Å². The molecule has 0 aliphatic rings. The van der Waals surface area contributed by atoms with Crippen molar-refractivity contribution in [3.05, 3.63) is 90.0 Å². The van der Waals surface area contributed by atoms with Crippen LogP contribution >= 0.6 is 12.2 Å². The van der Waals surface area contributed by atoms with Crippen molar-refractivity contribution in [2.24, 2.45) is 0 Å². The molecule has 0 aliphatic carbocycles. The number of hydrogen-bond acceptors (Lipinski definition) is 4. The van der Waals surface area contributed by atoms with Crippen molar-refractivity contribution in [3.63, 3.8) is 0 Å². The number of anilines is 1. The minimum Gasteiger partial charge on any atom is -0.493 e. The number of para-hydroxylation sites is 2. The Labute approximate surface area is 188 Å². The summed E-state index contributed by atoms with van der Waals surface area (Å²) in [6, 6.07) is 24.6. The molecule has 5 nitrogen and oxygen atoms in total. The predicted molar refractivity (Wildman–Crippen MR) is 128 cm³/mol. The number of hydrogen-bond donors (Lipinski definition) is 2. The minimum atomic E-state index is -0.296. The van der Waals surface area contributed by atoms with Crippen molar-refractivity contribution in [1.82, 2.24) is 5.32 Å². The van der Waals surface area contributed by atoms with Crippen molar-refractivity contribution in [1.29, 1.82) is 0 Å². The Hall–Kier alpha value is -3.38. The Bertz CT molecular complexity index is 1000. The highest BCUT2D eigenvalue weighted by Gasteiger charge is 2.11. The molecule has 0 aromatic heterocycles. The molecule has 0 saturated carbocycles. The molecule has 0 atom stereocenters. The number of rotatable bonds is 8. The molecule has 0 unspecified atom stereocenters. The maximum Gasteiger partial charge on any atom is 0.257 e. The van der Waals surface area contributed by atoms with Crippen LogP contribution in [0.25, 0.3) is 0 Å². The van der Waals surface area contributed by atoms with E-state index in [1.54, 1.807) is 24.3 Å². The van der Waals surface area contributed by atoms with Gasteiger partial charge in [0, 0.05) is 12.0 Å². The molecule has 0 bridgehead atoms. The summed E-state index contributed by atoms with van der Waals surface area (Å²) >= 11 is 5.29. The van der Waals surface area contributed by atoms with Crippen molar-refractivity contribution >= 4 is 28.9 Å². The highest BCUT2D eigenvalue weighted by atomic mass is 32.1. The third-order valence-electron chi connectivity index (χ3n) is 4.34. The largest absolute Gasteiger partial charge is 0.493 e. The molecule has 0 spiro atoms. The van der Waals surface area contributed by atoms with Crippen LogP contribution in [-0.4, -0.2) is 23.7 Å². The van der Waals surface area contributed by atoms with E-state index in [4.69, 9.17) is 21.7 Å². The van der Waals surface area contributed by atoms with Gasteiger partial charge in [-0.3, -0.25) is 10.1 Å². The van der Waals surface area contributed by atoms with E-state index in [9.17, 15) is 4.79 Å². The Kier molecular flexibility index (Phi) is 8.01. The van der Waals surface area contributed by atoms with Crippen LogP contribution < -0.4 is 20.1 Å². The topological polar surface area (TPSA) is 59.6 Å². The molecular weight excluding hydrogens is 408 g/mol. The van der Waals surface area contributed by atoms with Crippen LogP contribution in [0.1, 0.15) is 29.8 Å². The lowest BCUT2D eigenvalue weighted by molar-refractivity contribution is 0.0977. The molecule has 31 heavy (non-hydrogen) atoms. The predicted octanol–water partition coefficient (Wildman–Crippen LogP) is 5.22. The molecule has 1 amide bonds. The van der Waals surface area contributed by atoms with Gasteiger partial charge in [-0.05, 0) is 68.0 Å². The summed E-state index contributed by atoms with van der Waals surface area (Å²) in [5, 5.41) is 5.92. The molecule has 0 heterocycles. The third kappa shape index (κ3) is 7.12. The van der Waals surface area contributed by atoms with E-state index in [-0.39, 0.29) is 17.1 Å². The highest BCUT2D eigenvalue weighted by Crippen LogP contribution is 2.24. The van der Waals surface area contributed by atoms with Crippen LogP contribution in [0.2, 0.25) is 0 Å². The van der Waals surface area contributed by atoms with Crippen LogP contribution in [-0.2, 0) is 6.42 Å². The maximum absolute atomic E-state index is 12.5. The smallest absolute Gasteiger partial charge is 0.257 e. The molecule has 6 heteroatoms. The fourth-order valence-electron chi connectivity index (χ4n) is 2.89. The zero-order chi connectivity index (χ0) is 22.1. The summed E-state index contributed by atoms with van der Waals surface area (Å²) < 4.78 is 11.5. The van der Waals surface area contributed by atoms with E-state index in [0.29, 0.717) is 29.4 Å². The van der Waals surface area contributed by atoms with E-state index in [1.807, 2.05) is 56.3 Å². The first-order chi connectivity index (χ1) is 15.0. The fraction of sp³-hybridized carbons (Fsp3) is 0.200. The minimum absolute atomic E-state index is 0.0274. The number of amides is 1. The Morgan fingerprint density at radius 1 is 0.935 bits per heavy atom. The summed E-state index contributed by atoms with van der Waals surface area (Å²) in [5.41, 5.74) is 2.41. The molecule has 0 radical (unpaired) electrons. The maximum atomic E-state index is 12.5. The van der Waals surface area contributed by atoms with Gasteiger partial charge in [-0.15, -0.1) is 0 Å². The molecular formula is C25H26N2O3S. The Morgan fingerprint density at radius 2 is 1.61 bits per heavy atom. The first-order valence-corrected chi connectivity index (χ1v) is 10.6. The van der Waals surface area contributed by atoms with E-state index in [2.05, 4.69) is 22.8 Å².